The third-order valence-electron chi connectivity index (χ3n) is 8.05. The minimum Gasteiger partial charge on any atom is -0.101 e. The summed E-state index contributed by atoms with van der Waals surface area (Å²) < 4.78 is 0. The molecule has 0 aromatic rings. The molecule has 0 amide bonds. The lowest BCUT2D eigenvalue weighted by Crippen LogP contribution is -2.19. The van der Waals surface area contributed by atoms with Gasteiger partial charge in [-0.2, -0.15) is 0 Å². The first-order valence-corrected chi connectivity index (χ1v) is 15.2. The topological polar surface area (TPSA) is 0 Å². The summed E-state index contributed by atoms with van der Waals surface area (Å²) in [4.78, 5) is 0. The highest BCUT2D eigenvalue weighted by atomic mass is 14.3. The number of rotatable bonds is 8. The fraction of sp³-hybridized carbons (Fsp3) is 0.500. The van der Waals surface area contributed by atoms with Crippen molar-refractivity contribution in [2.75, 3.05) is 0 Å². The summed E-state index contributed by atoms with van der Waals surface area (Å²) in [5.74, 6) is 14.0. The lowest BCUT2D eigenvalue weighted by molar-refractivity contribution is 0.377. The van der Waals surface area contributed by atoms with Gasteiger partial charge in [0.2, 0.25) is 0 Å². The molecule has 0 spiro atoms. The van der Waals surface area contributed by atoms with Crippen molar-refractivity contribution in [2.24, 2.45) is 22.7 Å². The largest absolute Gasteiger partial charge is 0.101 e. The molecule has 0 fully saturated rings. The Balaban J connectivity index is 1.81. The van der Waals surface area contributed by atoms with Gasteiger partial charge in [0, 0.05) is 30.1 Å². The maximum Gasteiger partial charge on any atom is 0.0357 e. The fourth-order valence-corrected chi connectivity index (χ4v) is 5.50. The van der Waals surface area contributed by atoms with Crippen LogP contribution in [0.1, 0.15) is 108 Å². The summed E-state index contributed by atoms with van der Waals surface area (Å²) in [5.41, 5.74) is 8.85. The van der Waals surface area contributed by atoms with Crippen molar-refractivity contribution in [1.82, 2.24) is 0 Å². The van der Waals surface area contributed by atoms with Gasteiger partial charge in [0.1, 0.15) is 0 Å². The summed E-state index contributed by atoms with van der Waals surface area (Å²) in [6.45, 7) is 22.5. The molecular formula is C40H54. The van der Waals surface area contributed by atoms with Gasteiger partial charge in [-0.05, 0) is 76.9 Å². The molecule has 0 aliphatic heterocycles. The molecule has 0 radical (unpaired) electrons. The predicted molar refractivity (Wildman–Crippen MR) is 179 cm³/mol. The van der Waals surface area contributed by atoms with Crippen molar-refractivity contribution in [2.45, 2.75) is 108 Å². The highest BCUT2D eigenvalue weighted by Gasteiger charge is 2.26. The maximum absolute atomic E-state index is 3.39. The van der Waals surface area contributed by atoms with E-state index in [1.54, 1.807) is 5.57 Å². The van der Waals surface area contributed by atoms with Crippen LogP contribution in [0.25, 0.3) is 0 Å². The molecular weight excluding hydrogens is 480 g/mol. The minimum absolute atomic E-state index is 0.106. The lowest BCUT2D eigenvalue weighted by Gasteiger charge is -2.32. The van der Waals surface area contributed by atoms with Crippen molar-refractivity contribution < 1.29 is 0 Å². The number of allylic oxidation sites excluding steroid dienone is 16. The van der Waals surface area contributed by atoms with Gasteiger partial charge in [-0.1, -0.05) is 135 Å². The second-order valence-electron chi connectivity index (χ2n) is 13.1. The van der Waals surface area contributed by atoms with E-state index >= 15 is 0 Å². The highest BCUT2D eigenvalue weighted by molar-refractivity contribution is 5.39. The highest BCUT2D eigenvalue weighted by Crippen LogP contribution is 2.41. The summed E-state index contributed by atoms with van der Waals surface area (Å²) in [6, 6.07) is 0. The predicted octanol–water partition coefficient (Wildman–Crippen LogP) is 11.4. The van der Waals surface area contributed by atoms with Gasteiger partial charge in [-0.3, -0.25) is 0 Å². The van der Waals surface area contributed by atoms with Crippen LogP contribution in [0.15, 0.2) is 94.2 Å². The van der Waals surface area contributed by atoms with Gasteiger partial charge in [0.05, 0.1) is 0 Å². The molecule has 0 N–H and O–H groups in total. The van der Waals surface area contributed by atoms with E-state index in [1.807, 2.05) is 0 Å². The van der Waals surface area contributed by atoms with E-state index in [0.717, 1.165) is 19.3 Å². The van der Waals surface area contributed by atoms with Crippen molar-refractivity contribution in [3.8, 4) is 23.7 Å². The monoisotopic (exact) mass is 534 g/mol. The number of hydrogen-bond acceptors (Lipinski definition) is 0. The molecule has 2 unspecified atom stereocenters. The Bertz CT molecular complexity index is 1250. The molecule has 214 valence electrons. The molecule has 40 heavy (non-hydrogen) atoms. The quantitative estimate of drug-likeness (QED) is 0.165. The lowest BCUT2D eigenvalue weighted by atomic mass is 9.72. The second kappa shape index (κ2) is 15.7. The second-order valence-corrected chi connectivity index (χ2v) is 13.1. The van der Waals surface area contributed by atoms with Gasteiger partial charge < -0.3 is 0 Å². The van der Waals surface area contributed by atoms with E-state index in [4.69, 9.17) is 0 Å². The van der Waals surface area contributed by atoms with Crippen molar-refractivity contribution in [3.05, 3.63) is 94.2 Å². The molecule has 0 heterocycles. The molecule has 2 atom stereocenters. The first kappa shape index (κ1) is 33.2. The van der Waals surface area contributed by atoms with E-state index in [0.29, 0.717) is 0 Å². The van der Waals surface area contributed by atoms with E-state index in [-0.39, 0.29) is 22.7 Å². The van der Waals surface area contributed by atoms with Crippen molar-refractivity contribution in [1.29, 1.82) is 0 Å². The molecule has 2 aliphatic carbocycles. The zero-order valence-electron chi connectivity index (χ0n) is 27.2. The van der Waals surface area contributed by atoms with E-state index < -0.39 is 0 Å². The van der Waals surface area contributed by atoms with Gasteiger partial charge in [0.25, 0.3) is 0 Å². The zero-order valence-corrected chi connectivity index (χ0v) is 27.2. The molecule has 0 saturated heterocycles. The van der Waals surface area contributed by atoms with Crippen LogP contribution in [0.2, 0.25) is 0 Å². The van der Waals surface area contributed by atoms with Crippen LogP contribution in [0, 0.1) is 46.3 Å². The third-order valence-corrected chi connectivity index (χ3v) is 8.05. The Hall–Kier alpha value is -2.96. The molecule has 0 saturated carbocycles. The molecule has 2 aliphatic rings. The Kier molecular flexibility index (Phi) is 13.1. The first-order valence-electron chi connectivity index (χ1n) is 15.2. The van der Waals surface area contributed by atoms with E-state index in [9.17, 15) is 0 Å². The Labute approximate surface area is 247 Å². The van der Waals surface area contributed by atoms with Crippen LogP contribution in [0.3, 0.4) is 0 Å². The summed E-state index contributed by atoms with van der Waals surface area (Å²) in [6.07, 6.45) is 28.9. The van der Waals surface area contributed by atoms with Crippen LogP contribution in [-0.2, 0) is 0 Å². The van der Waals surface area contributed by atoms with Crippen LogP contribution >= 0.6 is 0 Å². The van der Waals surface area contributed by atoms with Crippen molar-refractivity contribution >= 4 is 0 Å². The van der Waals surface area contributed by atoms with Crippen molar-refractivity contribution in [3.63, 3.8) is 0 Å². The normalized spacial score (nSPS) is 21.1. The van der Waals surface area contributed by atoms with Crippen LogP contribution < -0.4 is 0 Å². The molecule has 2 rings (SSSR count). The molecule has 0 aromatic carbocycles. The first-order chi connectivity index (χ1) is 18.8. The van der Waals surface area contributed by atoms with Gasteiger partial charge in [-0.15, -0.1) is 5.92 Å². The summed E-state index contributed by atoms with van der Waals surface area (Å²) in [7, 11) is 0. The van der Waals surface area contributed by atoms with Gasteiger partial charge in [0.15, 0.2) is 0 Å². The number of hydrogen-bond donors (Lipinski definition) is 0. The zero-order chi connectivity index (χ0) is 29.8. The van der Waals surface area contributed by atoms with E-state index in [2.05, 4.69) is 154 Å². The summed E-state index contributed by atoms with van der Waals surface area (Å²) >= 11 is 0. The SMILES string of the molecule is CC1=C(/C=C/C(C)C#CCC(C)C#CC/C=C(C)/C=C\C=C(C)/C=C/C2=C(C)CCCC2(C)C)C(C)(C)C=CC1. The maximum atomic E-state index is 3.39. The van der Waals surface area contributed by atoms with Crippen LogP contribution in [-0.4, -0.2) is 0 Å². The fourth-order valence-electron chi connectivity index (χ4n) is 5.50. The van der Waals surface area contributed by atoms with Gasteiger partial charge in [-0.25, -0.2) is 0 Å². The summed E-state index contributed by atoms with van der Waals surface area (Å²) in [5, 5.41) is 0. The third kappa shape index (κ3) is 11.3. The van der Waals surface area contributed by atoms with Gasteiger partial charge >= 0.3 is 0 Å². The average molecular weight is 535 g/mol. The Morgan fingerprint density at radius 3 is 2.38 bits per heavy atom. The van der Waals surface area contributed by atoms with Crippen LogP contribution in [0.5, 0.6) is 0 Å². The smallest absolute Gasteiger partial charge is 0.0357 e. The minimum atomic E-state index is 0.106. The standard InChI is InChI=1S/C40H54/c1-31(19-13-21-33(3)25-27-37-35(5)23-15-29-39(37,7)8)17-11-12-18-32(2)20-14-22-34(4)26-28-38-36(6)24-16-30-40(38,9)10/h13,16-17,19,21,25-28,30,32,34H,11,15,20,23-24,29H2,1-10H3/b19-13-,27-25+,28-26+,31-17+,33-21-. The molecule has 0 nitrogen and oxygen atoms in total. The van der Waals surface area contributed by atoms with Crippen LogP contribution in [0.4, 0.5) is 0 Å². The molecule has 0 heteroatoms. The Morgan fingerprint density at radius 2 is 1.68 bits per heavy atom. The molecule has 0 bridgehead atoms. The average Bonchev–Trinajstić information content (AvgIpc) is 2.85. The Morgan fingerprint density at radius 1 is 0.925 bits per heavy atom. The molecule has 0 aromatic heterocycles. The van der Waals surface area contributed by atoms with E-state index in [1.165, 1.54) is 47.1 Å².